The Morgan fingerprint density at radius 1 is 1.83 bits per heavy atom. The Kier molecular flexibility index (Phi) is 2.04. The second-order valence-corrected chi connectivity index (χ2v) is 1.94. The molecule has 0 unspecified atom stereocenters. The van der Waals surface area contributed by atoms with Gasteiger partial charge in [0.15, 0.2) is 0 Å². The second kappa shape index (κ2) is 2.99. The van der Waals surface area contributed by atoms with Gasteiger partial charge in [-0.15, -0.1) is 0 Å². The number of hydrogen-bond donors (Lipinski definition) is 1. The van der Waals surface area contributed by atoms with Crippen molar-refractivity contribution in [2.45, 2.75) is 6.92 Å². The van der Waals surface area contributed by atoms with E-state index in [2.05, 4.69) is 14.9 Å². The molecule has 1 aromatic heterocycles. The molecular formula is C5H5N3O4. The predicted molar refractivity (Wildman–Crippen MR) is 36.6 cm³/mol. The highest BCUT2D eigenvalue weighted by Gasteiger charge is 2.13. The fourth-order valence-electron chi connectivity index (χ4n) is 0.595. The fourth-order valence-corrected chi connectivity index (χ4v) is 0.595. The summed E-state index contributed by atoms with van der Waals surface area (Å²) >= 11 is 0. The molecule has 0 saturated heterocycles. The number of ether oxygens (including phenoxy) is 1. The van der Waals surface area contributed by atoms with Crippen molar-refractivity contribution in [1.29, 1.82) is 0 Å². The summed E-state index contributed by atoms with van der Waals surface area (Å²) in [5.41, 5.74) is 0. The van der Waals surface area contributed by atoms with Crippen LogP contribution in [0.25, 0.3) is 0 Å². The minimum absolute atomic E-state index is 0.0331. The first-order chi connectivity index (χ1) is 5.59. The molecule has 0 aliphatic rings. The van der Waals surface area contributed by atoms with Gasteiger partial charge in [-0.05, 0) is 4.92 Å². The molecule has 7 heteroatoms. The third kappa shape index (κ3) is 1.78. The van der Waals surface area contributed by atoms with E-state index in [1.807, 2.05) is 0 Å². The Morgan fingerprint density at radius 2 is 2.50 bits per heavy atom. The average Bonchev–Trinajstić information content (AvgIpc) is 2.34. The van der Waals surface area contributed by atoms with Gasteiger partial charge < -0.3 is 14.9 Å². The first kappa shape index (κ1) is 8.18. The summed E-state index contributed by atoms with van der Waals surface area (Å²) in [4.78, 5) is 19.7. The predicted octanol–water partition coefficient (Wildman–Crippen LogP) is 0.243. The summed E-state index contributed by atoms with van der Waals surface area (Å²) in [7, 11) is 0. The van der Waals surface area contributed by atoms with E-state index in [1.54, 1.807) is 0 Å². The zero-order valence-electron chi connectivity index (χ0n) is 6.10. The lowest BCUT2D eigenvalue weighted by atomic mass is 10.6. The smallest absolute Gasteiger partial charge is 0.393 e. The lowest BCUT2D eigenvalue weighted by molar-refractivity contribution is -0.389. The maximum atomic E-state index is 10.4. The van der Waals surface area contributed by atoms with E-state index in [4.69, 9.17) is 0 Å². The maximum Gasteiger partial charge on any atom is 0.393 e. The van der Waals surface area contributed by atoms with Crippen LogP contribution in [0.3, 0.4) is 0 Å². The van der Waals surface area contributed by atoms with Crippen LogP contribution in [0.2, 0.25) is 0 Å². The summed E-state index contributed by atoms with van der Waals surface area (Å²) in [5.74, 6) is -0.978. The van der Waals surface area contributed by atoms with Crippen molar-refractivity contribution >= 4 is 11.8 Å². The van der Waals surface area contributed by atoms with Crippen molar-refractivity contribution in [3.63, 3.8) is 0 Å². The molecule has 12 heavy (non-hydrogen) atoms. The van der Waals surface area contributed by atoms with Crippen molar-refractivity contribution in [2.24, 2.45) is 0 Å². The fraction of sp³-hybridized carbons (Fsp3) is 0.200. The number of aromatic nitrogens is 2. The van der Waals surface area contributed by atoms with Crippen LogP contribution in [0.4, 0.5) is 5.82 Å². The van der Waals surface area contributed by atoms with Gasteiger partial charge >= 0.3 is 11.8 Å². The van der Waals surface area contributed by atoms with Gasteiger partial charge in [0.05, 0.1) is 5.10 Å². The van der Waals surface area contributed by atoms with Crippen LogP contribution in [0, 0.1) is 10.1 Å². The normalized spacial score (nSPS) is 9.42. The maximum absolute atomic E-state index is 10.4. The molecule has 0 fully saturated rings. The monoisotopic (exact) mass is 171 g/mol. The Labute approximate surface area is 66.5 Å². The first-order valence-corrected chi connectivity index (χ1v) is 2.98. The van der Waals surface area contributed by atoms with Gasteiger partial charge in [-0.2, -0.15) is 5.10 Å². The zero-order valence-corrected chi connectivity index (χ0v) is 6.10. The van der Waals surface area contributed by atoms with Crippen LogP contribution < -0.4 is 4.74 Å². The van der Waals surface area contributed by atoms with Gasteiger partial charge in [-0.25, -0.2) is 0 Å². The van der Waals surface area contributed by atoms with Crippen LogP contribution >= 0.6 is 0 Å². The Hall–Kier alpha value is -1.92. The molecule has 7 nitrogen and oxygen atoms in total. The Morgan fingerprint density at radius 3 is 2.92 bits per heavy atom. The number of nitro groups is 1. The molecule has 0 radical (unpaired) electrons. The minimum Gasteiger partial charge on any atom is -0.406 e. The average molecular weight is 171 g/mol. The molecule has 1 N–H and O–H groups in total. The number of rotatable bonds is 2. The lowest BCUT2D eigenvalue weighted by Gasteiger charge is -1.90. The molecule has 0 atom stereocenters. The van der Waals surface area contributed by atoms with Crippen molar-refractivity contribution < 1.29 is 14.5 Å². The quantitative estimate of drug-likeness (QED) is 0.390. The van der Waals surface area contributed by atoms with E-state index < -0.39 is 10.9 Å². The molecule has 0 saturated carbocycles. The van der Waals surface area contributed by atoms with E-state index >= 15 is 0 Å². The van der Waals surface area contributed by atoms with E-state index in [1.165, 1.54) is 6.92 Å². The molecule has 0 aromatic carbocycles. The number of carbonyl (C=O) groups is 1. The van der Waals surface area contributed by atoms with E-state index in [0.717, 1.165) is 6.07 Å². The van der Waals surface area contributed by atoms with Gasteiger partial charge in [0.2, 0.25) is 5.88 Å². The summed E-state index contributed by atoms with van der Waals surface area (Å²) in [5, 5.41) is 15.5. The number of hydrogen-bond acceptors (Lipinski definition) is 5. The van der Waals surface area contributed by atoms with Gasteiger partial charge in [-0.3, -0.25) is 4.79 Å². The highest BCUT2D eigenvalue weighted by Crippen LogP contribution is 2.13. The number of carbonyl (C=O) groups excluding carboxylic acids is 1. The van der Waals surface area contributed by atoms with Crippen molar-refractivity contribution in [2.75, 3.05) is 0 Å². The molecule has 1 heterocycles. The SMILES string of the molecule is CC(=O)Oc1cc([N+](=O)[O-])n[nH]1. The summed E-state index contributed by atoms with van der Waals surface area (Å²) in [6, 6.07) is 1.03. The number of nitrogens with one attached hydrogen (secondary N) is 1. The van der Waals surface area contributed by atoms with Crippen molar-refractivity contribution in [3.05, 3.63) is 16.2 Å². The molecule has 0 spiro atoms. The molecule has 0 aliphatic heterocycles. The summed E-state index contributed by atoms with van der Waals surface area (Å²) in [6.45, 7) is 1.19. The first-order valence-electron chi connectivity index (χ1n) is 2.98. The third-order valence-electron chi connectivity index (χ3n) is 0.982. The molecule has 0 bridgehead atoms. The largest absolute Gasteiger partial charge is 0.406 e. The van der Waals surface area contributed by atoms with Crippen LogP contribution in [0.15, 0.2) is 6.07 Å². The third-order valence-corrected chi connectivity index (χ3v) is 0.982. The van der Waals surface area contributed by atoms with Crippen molar-refractivity contribution in [3.8, 4) is 5.88 Å². The molecule has 1 aromatic rings. The van der Waals surface area contributed by atoms with E-state index in [-0.39, 0.29) is 11.7 Å². The van der Waals surface area contributed by atoms with Gasteiger partial charge in [0.1, 0.15) is 6.07 Å². The number of nitrogens with zero attached hydrogens (tertiary/aromatic N) is 2. The Bertz CT molecular complexity index is 318. The zero-order chi connectivity index (χ0) is 9.14. The van der Waals surface area contributed by atoms with Crippen LogP contribution in [0.1, 0.15) is 6.92 Å². The van der Waals surface area contributed by atoms with Crippen LogP contribution in [-0.4, -0.2) is 21.1 Å². The minimum atomic E-state index is -0.691. The van der Waals surface area contributed by atoms with Gasteiger partial charge in [0, 0.05) is 6.92 Å². The summed E-state index contributed by atoms with van der Waals surface area (Å²) < 4.78 is 4.48. The number of esters is 1. The van der Waals surface area contributed by atoms with Gasteiger partial charge in [-0.1, -0.05) is 0 Å². The molecule has 1 rings (SSSR count). The number of aromatic amines is 1. The Balaban J connectivity index is 2.77. The lowest BCUT2D eigenvalue weighted by Crippen LogP contribution is -2.01. The topological polar surface area (TPSA) is 98.1 Å². The van der Waals surface area contributed by atoms with Gasteiger partial charge in [0.25, 0.3) is 0 Å². The molecule has 0 aliphatic carbocycles. The molecule has 64 valence electrons. The number of H-pyrrole nitrogens is 1. The van der Waals surface area contributed by atoms with E-state index in [0.29, 0.717) is 0 Å². The van der Waals surface area contributed by atoms with E-state index in [9.17, 15) is 14.9 Å². The standard InChI is InChI=1S/C5H5N3O4/c1-3(9)12-5-2-4(6-7-5)8(10)11/h2H,1H3,(H,6,7). The van der Waals surface area contributed by atoms with Crippen LogP contribution in [0.5, 0.6) is 5.88 Å². The highest BCUT2D eigenvalue weighted by molar-refractivity contribution is 5.68. The highest BCUT2D eigenvalue weighted by atomic mass is 16.6. The van der Waals surface area contributed by atoms with Crippen LogP contribution in [-0.2, 0) is 4.79 Å². The molecular weight excluding hydrogens is 166 g/mol. The summed E-state index contributed by atoms with van der Waals surface area (Å²) in [6.07, 6.45) is 0. The molecule has 0 amide bonds. The van der Waals surface area contributed by atoms with Crippen molar-refractivity contribution in [1.82, 2.24) is 10.2 Å². The second-order valence-electron chi connectivity index (χ2n) is 1.94.